The van der Waals surface area contributed by atoms with Gasteiger partial charge in [-0.15, -0.1) is 18.2 Å². The van der Waals surface area contributed by atoms with Crippen LogP contribution in [0.2, 0.25) is 0 Å². The lowest BCUT2D eigenvalue weighted by Crippen LogP contribution is -2.02. The molecule has 3 heteroatoms. The predicted octanol–water partition coefficient (Wildman–Crippen LogP) is 2.20. The highest BCUT2D eigenvalue weighted by Crippen LogP contribution is 2.22. The Morgan fingerprint density at radius 1 is 1.57 bits per heavy atom. The smallest absolute Gasteiger partial charge is 0.338 e. The Labute approximate surface area is 87.7 Å². The Kier molecular flexibility index (Phi) is 4.09. The lowest BCUT2D eigenvalue weighted by Gasteiger charge is -2.04. The molecule has 0 bridgehead atoms. The molecule has 0 aliphatic rings. The fourth-order valence-electron chi connectivity index (χ4n) is 0.991. The van der Waals surface area contributed by atoms with Crippen molar-refractivity contribution in [1.82, 2.24) is 0 Å². The molecule has 0 heterocycles. The second kappa shape index (κ2) is 5.36. The lowest BCUT2D eigenvalue weighted by molar-refractivity contribution is 0.0597. The number of thioether (sulfide) groups is 1. The van der Waals surface area contributed by atoms with E-state index in [2.05, 4.69) is 10.7 Å². The van der Waals surface area contributed by atoms with Gasteiger partial charge in [-0.1, -0.05) is 18.1 Å². The standard InChI is InChI=1S/C11H10O2S/c1-3-8-14-10-7-5-4-6-9(10)11(12)13-2/h1,4-7H,8H2,2H3. The van der Waals surface area contributed by atoms with Gasteiger partial charge in [0.05, 0.1) is 18.4 Å². The van der Waals surface area contributed by atoms with Crippen LogP contribution in [0.3, 0.4) is 0 Å². The Hall–Kier alpha value is -1.40. The maximum Gasteiger partial charge on any atom is 0.338 e. The summed E-state index contributed by atoms with van der Waals surface area (Å²) in [5.41, 5.74) is 0.565. The van der Waals surface area contributed by atoms with Crippen LogP contribution in [0.4, 0.5) is 0 Å². The van der Waals surface area contributed by atoms with Gasteiger partial charge < -0.3 is 4.74 Å². The normalized spacial score (nSPS) is 9.14. The van der Waals surface area contributed by atoms with E-state index >= 15 is 0 Å². The van der Waals surface area contributed by atoms with Crippen molar-refractivity contribution in [1.29, 1.82) is 0 Å². The highest BCUT2D eigenvalue weighted by atomic mass is 32.2. The maximum atomic E-state index is 11.3. The van der Waals surface area contributed by atoms with Gasteiger partial charge in [0.2, 0.25) is 0 Å². The van der Waals surface area contributed by atoms with Gasteiger partial charge in [0.1, 0.15) is 0 Å². The molecule has 1 aromatic rings. The van der Waals surface area contributed by atoms with Crippen LogP contribution in [-0.2, 0) is 4.74 Å². The van der Waals surface area contributed by atoms with E-state index in [-0.39, 0.29) is 5.97 Å². The number of carbonyl (C=O) groups excluding carboxylic acids is 1. The third-order valence-electron chi connectivity index (χ3n) is 1.60. The van der Waals surface area contributed by atoms with Gasteiger partial charge in [-0.2, -0.15) is 0 Å². The quantitative estimate of drug-likeness (QED) is 0.431. The lowest BCUT2D eigenvalue weighted by atomic mass is 10.2. The van der Waals surface area contributed by atoms with Gasteiger partial charge in [-0.3, -0.25) is 0 Å². The number of rotatable bonds is 3. The molecule has 72 valence electrons. The molecule has 1 rings (SSSR count). The van der Waals surface area contributed by atoms with Crippen molar-refractivity contribution >= 4 is 17.7 Å². The molecule has 0 saturated carbocycles. The van der Waals surface area contributed by atoms with E-state index in [1.807, 2.05) is 12.1 Å². The van der Waals surface area contributed by atoms with Gasteiger partial charge in [-0.05, 0) is 12.1 Å². The van der Waals surface area contributed by atoms with Crippen molar-refractivity contribution in [3.63, 3.8) is 0 Å². The highest BCUT2D eigenvalue weighted by molar-refractivity contribution is 7.99. The minimum Gasteiger partial charge on any atom is -0.465 e. The summed E-state index contributed by atoms with van der Waals surface area (Å²) in [5.74, 6) is 2.73. The molecule has 2 nitrogen and oxygen atoms in total. The first-order chi connectivity index (χ1) is 6.79. The molecular weight excluding hydrogens is 196 g/mol. The molecule has 0 unspecified atom stereocenters. The van der Waals surface area contributed by atoms with E-state index in [0.717, 1.165) is 4.90 Å². The molecule has 0 saturated heterocycles. The van der Waals surface area contributed by atoms with E-state index < -0.39 is 0 Å². The number of esters is 1. The summed E-state index contributed by atoms with van der Waals surface area (Å²) in [6.07, 6.45) is 5.15. The van der Waals surface area contributed by atoms with Crippen molar-refractivity contribution in [3.05, 3.63) is 29.8 Å². The molecular formula is C11H10O2S. The van der Waals surface area contributed by atoms with Gasteiger partial charge in [0, 0.05) is 4.90 Å². The number of carbonyl (C=O) groups is 1. The van der Waals surface area contributed by atoms with Gasteiger partial charge in [0.25, 0.3) is 0 Å². The first-order valence-electron chi connectivity index (χ1n) is 4.03. The average Bonchev–Trinajstić information content (AvgIpc) is 2.25. The number of methoxy groups -OCH3 is 1. The second-order valence-corrected chi connectivity index (χ2v) is 3.50. The largest absolute Gasteiger partial charge is 0.465 e. The average molecular weight is 206 g/mol. The van der Waals surface area contributed by atoms with E-state index in [4.69, 9.17) is 6.42 Å². The zero-order chi connectivity index (χ0) is 10.4. The fourth-order valence-corrected chi connectivity index (χ4v) is 1.71. The first-order valence-corrected chi connectivity index (χ1v) is 5.01. The number of hydrogen-bond acceptors (Lipinski definition) is 3. The van der Waals surface area contributed by atoms with Crippen molar-refractivity contribution < 1.29 is 9.53 Å². The zero-order valence-electron chi connectivity index (χ0n) is 7.82. The van der Waals surface area contributed by atoms with Gasteiger partial charge >= 0.3 is 5.97 Å². The van der Waals surface area contributed by atoms with Crippen LogP contribution in [-0.4, -0.2) is 18.8 Å². The molecule has 0 spiro atoms. The minimum atomic E-state index is -0.329. The fraction of sp³-hybridized carbons (Fsp3) is 0.182. The van der Waals surface area contributed by atoms with Crippen LogP contribution in [0.25, 0.3) is 0 Å². The van der Waals surface area contributed by atoms with Crippen LogP contribution < -0.4 is 0 Å². The molecule has 0 fully saturated rings. The summed E-state index contributed by atoms with van der Waals surface area (Å²) in [5, 5.41) is 0. The zero-order valence-corrected chi connectivity index (χ0v) is 8.64. The molecule has 0 aliphatic carbocycles. The molecule has 0 radical (unpaired) electrons. The monoisotopic (exact) mass is 206 g/mol. The van der Waals surface area contributed by atoms with E-state index in [1.165, 1.54) is 18.9 Å². The third-order valence-corrected chi connectivity index (χ3v) is 2.58. The topological polar surface area (TPSA) is 26.3 Å². The molecule has 1 aromatic carbocycles. The van der Waals surface area contributed by atoms with Gasteiger partial charge in [-0.25, -0.2) is 4.79 Å². The molecule has 0 amide bonds. The van der Waals surface area contributed by atoms with Crippen molar-refractivity contribution in [2.24, 2.45) is 0 Å². The Balaban J connectivity index is 2.92. The van der Waals surface area contributed by atoms with Crippen LogP contribution in [0.1, 0.15) is 10.4 Å². The number of ether oxygens (including phenoxy) is 1. The Morgan fingerprint density at radius 3 is 2.93 bits per heavy atom. The second-order valence-electron chi connectivity index (χ2n) is 2.48. The van der Waals surface area contributed by atoms with E-state index in [0.29, 0.717) is 11.3 Å². The van der Waals surface area contributed by atoms with Crippen LogP contribution >= 0.6 is 11.8 Å². The summed E-state index contributed by atoms with van der Waals surface area (Å²) in [6.45, 7) is 0. The number of benzene rings is 1. The van der Waals surface area contributed by atoms with Crippen molar-refractivity contribution in [2.45, 2.75) is 4.90 Å². The van der Waals surface area contributed by atoms with Crippen LogP contribution in [0, 0.1) is 12.3 Å². The van der Waals surface area contributed by atoms with E-state index in [1.54, 1.807) is 12.1 Å². The van der Waals surface area contributed by atoms with Crippen molar-refractivity contribution in [3.8, 4) is 12.3 Å². The minimum absolute atomic E-state index is 0.329. The molecule has 0 N–H and O–H groups in total. The summed E-state index contributed by atoms with van der Waals surface area (Å²) in [4.78, 5) is 12.2. The molecule has 0 atom stereocenters. The van der Waals surface area contributed by atoms with Crippen LogP contribution in [0.15, 0.2) is 29.2 Å². The summed E-state index contributed by atoms with van der Waals surface area (Å²) in [7, 11) is 1.37. The third kappa shape index (κ3) is 2.54. The Morgan fingerprint density at radius 2 is 2.29 bits per heavy atom. The SMILES string of the molecule is C#CCSc1ccccc1C(=O)OC. The maximum absolute atomic E-state index is 11.3. The summed E-state index contributed by atoms with van der Waals surface area (Å²) >= 11 is 1.45. The molecule has 0 aliphatic heterocycles. The van der Waals surface area contributed by atoms with E-state index in [9.17, 15) is 4.79 Å². The first kappa shape index (κ1) is 10.7. The summed E-state index contributed by atoms with van der Waals surface area (Å²) in [6, 6.07) is 7.25. The predicted molar refractivity (Wildman–Crippen MR) is 57.3 cm³/mol. The Bertz CT molecular complexity index is 366. The number of hydrogen-bond donors (Lipinski definition) is 0. The van der Waals surface area contributed by atoms with Crippen molar-refractivity contribution in [2.75, 3.05) is 12.9 Å². The van der Waals surface area contributed by atoms with Gasteiger partial charge in [0.15, 0.2) is 0 Å². The molecule has 14 heavy (non-hydrogen) atoms. The highest BCUT2D eigenvalue weighted by Gasteiger charge is 2.10. The number of terminal acetylenes is 1. The molecule has 0 aromatic heterocycles. The summed E-state index contributed by atoms with van der Waals surface area (Å²) < 4.78 is 4.65. The van der Waals surface area contributed by atoms with Crippen LogP contribution in [0.5, 0.6) is 0 Å².